The maximum atomic E-state index is 13.8. The first-order valence-electron chi connectivity index (χ1n) is 9.30. The van der Waals surface area contributed by atoms with Crippen molar-refractivity contribution in [2.24, 2.45) is 0 Å². The molecule has 1 fully saturated rings. The second-order valence-corrected chi connectivity index (χ2v) is 6.92. The number of carbonyl (C=O) groups excluding carboxylic acids is 1. The zero-order chi connectivity index (χ0) is 21.7. The van der Waals surface area contributed by atoms with Crippen LogP contribution in [0.25, 0.3) is 0 Å². The molecular formula is C21H20F5NO3. The Balaban J connectivity index is 1.51. The molecule has 1 aliphatic heterocycles. The van der Waals surface area contributed by atoms with Gasteiger partial charge in [-0.2, -0.15) is 13.2 Å². The third kappa shape index (κ3) is 5.76. The number of hydrogen-bond donors (Lipinski definition) is 0. The fourth-order valence-corrected chi connectivity index (χ4v) is 3.16. The van der Waals surface area contributed by atoms with Gasteiger partial charge >= 0.3 is 6.18 Å². The molecule has 1 unspecified atom stereocenters. The largest absolute Gasteiger partial charge is 0.416 e. The molecule has 0 bridgehead atoms. The number of carbonyl (C=O) groups is 1. The number of halogens is 5. The lowest BCUT2D eigenvalue weighted by atomic mass is 10.1. The molecule has 0 saturated carbocycles. The van der Waals surface area contributed by atoms with Crippen molar-refractivity contribution in [3.63, 3.8) is 0 Å². The van der Waals surface area contributed by atoms with Gasteiger partial charge in [0.2, 0.25) is 5.91 Å². The second-order valence-electron chi connectivity index (χ2n) is 6.92. The predicted octanol–water partition coefficient (Wildman–Crippen LogP) is 3.97. The van der Waals surface area contributed by atoms with Crippen LogP contribution >= 0.6 is 0 Å². The minimum absolute atomic E-state index is 0.0435. The van der Waals surface area contributed by atoms with Gasteiger partial charge in [-0.1, -0.05) is 18.2 Å². The Kier molecular flexibility index (Phi) is 7.04. The average molecular weight is 429 g/mol. The first-order chi connectivity index (χ1) is 14.2. The molecule has 1 heterocycles. The van der Waals surface area contributed by atoms with Gasteiger partial charge in [-0.05, 0) is 29.8 Å². The van der Waals surface area contributed by atoms with Gasteiger partial charge in [-0.15, -0.1) is 0 Å². The SMILES string of the molecule is O=C(Cc1c(F)cccc1F)N1CCOC(COCc2cccc(C(F)(F)F)c2)C1. The summed E-state index contributed by atoms with van der Waals surface area (Å²) in [4.78, 5) is 13.9. The third-order valence-electron chi connectivity index (χ3n) is 4.71. The Morgan fingerprint density at radius 1 is 1.13 bits per heavy atom. The first kappa shape index (κ1) is 22.2. The van der Waals surface area contributed by atoms with Crippen molar-refractivity contribution in [3.05, 3.63) is 70.8 Å². The highest BCUT2D eigenvalue weighted by molar-refractivity contribution is 5.79. The molecule has 30 heavy (non-hydrogen) atoms. The standard InChI is InChI=1S/C21H20F5NO3/c22-18-5-2-6-19(23)17(18)10-20(28)27-7-8-30-16(11-27)13-29-12-14-3-1-4-15(9-14)21(24,25)26/h1-6,9,16H,7-8,10-13H2. The molecular weight excluding hydrogens is 409 g/mol. The number of morpholine rings is 1. The van der Waals surface area contributed by atoms with Crippen LogP contribution in [-0.2, 0) is 33.5 Å². The van der Waals surface area contributed by atoms with Crippen LogP contribution in [0.2, 0.25) is 0 Å². The van der Waals surface area contributed by atoms with E-state index in [9.17, 15) is 26.7 Å². The third-order valence-corrected chi connectivity index (χ3v) is 4.71. The molecule has 1 atom stereocenters. The van der Waals surface area contributed by atoms with E-state index < -0.39 is 41.8 Å². The Hall–Kier alpha value is -2.52. The van der Waals surface area contributed by atoms with E-state index in [2.05, 4.69) is 0 Å². The van der Waals surface area contributed by atoms with Crippen LogP contribution in [0.15, 0.2) is 42.5 Å². The summed E-state index contributed by atoms with van der Waals surface area (Å²) < 4.78 is 76.8. The van der Waals surface area contributed by atoms with Crippen molar-refractivity contribution >= 4 is 5.91 Å². The molecule has 1 saturated heterocycles. The zero-order valence-electron chi connectivity index (χ0n) is 15.9. The van der Waals surface area contributed by atoms with Gasteiger partial charge in [0, 0.05) is 18.7 Å². The van der Waals surface area contributed by atoms with Crippen molar-refractivity contribution < 1.29 is 36.2 Å². The fraction of sp³-hybridized carbons (Fsp3) is 0.381. The molecule has 2 aromatic rings. The number of benzene rings is 2. The lowest BCUT2D eigenvalue weighted by molar-refractivity contribution is -0.141. The monoisotopic (exact) mass is 429 g/mol. The van der Waals surface area contributed by atoms with Crippen molar-refractivity contribution in [1.29, 1.82) is 0 Å². The van der Waals surface area contributed by atoms with Gasteiger partial charge in [-0.25, -0.2) is 8.78 Å². The number of amides is 1. The van der Waals surface area contributed by atoms with Crippen LogP contribution in [0.3, 0.4) is 0 Å². The van der Waals surface area contributed by atoms with Gasteiger partial charge < -0.3 is 14.4 Å². The van der Waals surface area contributed by atoms with Crippen molar-refractivity contribution in [1.82, 2.24) is 4.90 Å². The first-order valence-corrected chi connectivity index (χ1v) is 9.30. The number of rotatable bonds is 6. The zero-order valence-corrected chi connectivity index (χ0v) is 15.9. The topological polar surface area (TPSA) is 38.8 Å². The van der Waals surface area contributed by atoms with Gasteiger partial charge in [0.25, 0.3) is 0 Å². The van der Waals surface area contributed by atoms with Crippen LogP contribution < -0.4 is 0 Å². The summed E-state index contributed by atoms with van der Waals surface area (Å²) in [5.41, 5.74) is -0.676. The minimum Gasteiger partial charge on any atom is -0.374 e. The molecule has 0 aliphatic carbocycles. The maximum Gasteiger partial charge on any atom is 0.416 e. The van der Waals surface area contributed by atoms with E-state index in [0.717, 1.165) is 24.3 Å². The van der Waals surface area contributed by atoms with Crippen LogP contribution in [0, 0.1) is 11.6 Å². The van der Waals surface area contributed by atoms with Gasteiger partial charge in [0.1, 0.15) is 11.6 Å². The Morgan fingerprint density at radius 2 is 1.83 bits per heavy atom. The molecule has 0 spiro atoms. The minimum atomic E-state index is -4.43. The highest BCUT2D eigenvalue weighted by Crippen LogP contribution is 2.29. The van der Waals surface area contributed by atoms with Gasteiger partial charge in [0.15, 0.2) is 0 Å². The smallest absolute Gasteiger partial charge is 0.374 e. The molecule has 1 amide bonds. The molecule has 162 valence electrons. The summed E-state index contributed by atoms with van der Waals surface area (Å²) in [6.45, 7) is 0.686. The van der Waals surface area contributed by atoms with E-state index in [-0.39, 0.29) is 38.5 Å². The van der Waals surface area contributed by atoms with Crippen molar-refractivity contribution in [3.8, 4) is 0 Å². The Morgan fingerprint density at radius 3 is 2.53 bits per heavy atom. The molecule has 1 aliphatic rings. The van der Waals surface area contributed by atoms with Crippen LogP contribution in [0.5, 0.6) is 0 Å². The summed E-state index contributed by atoms with van der Waals surface area (Å²) in [5, 5.41) is 0. The Labute approximate surface area is 170 Å². The molecule has 2 aromatic carbocycles. The summed E-state index contributed by atoms with van der Waals surface area (Å²) >= 11 is 0. The lowest BCUT2D eigenvalue weighted by Gasteiger charge is -2.33. The van der Waals surface area contributed by atoms with E-state index >= 15 is 0 Å². The molecule has 4 nitrogen and oxygen atoms in total. The molecule has 0 N–H and O–H groups in total. The summed E-state index contributed by atoms with van der Waals surface area (Å²) in [5.74, 6) is -2.00. The van der Waals surface area contributed by atoms with Crippen LogP contribution in [0.4, 0.5) is 22.0 Å². The number of hydrogen-bond acceptors (Lipinski definition) is 3. The quantitative estimate of drug-likeness (QED) is 0.653. The normalized spacial score (nSPS) is 17.2. The van der Waals surface area contributed by atoms with E-state index in [1.54, 1.807) is 0 Å². The average Bonchev–Trinajstić information content (AvgIpc) is 2.70. The number of alkyl halides is 3. The van der Waals surface area contributed by atoms with Gasteiger partial charge in [0.05, 0.1) is 37.9 Å². The van der Waals surface area contributed by atoms with E-state index in [1.165, 1.54) is 23.1 Å². The molecule has 3 rings (SSSR count). The van der Waals surface area contributed by atoms with Crippen molar-refractivity contribution in [2.45, 2.75) is 25.3 Å². The predicted molar refractivity (Wildman–Crippen MR) is 97.5 cm³/mol. The summed E-state index contributed by atoms with van der Waals surface area (Å²) in [6, 6.07) is 8.24. The Bertz CT molecular complexity index is 867. The lowest BCUT2D eigenvalue weighted by Crippen LogP contribution is -2.47. The summed E-state index contributed by atoms with van der Waals surface area (Å²) in [6.07, 6.45) is -5.32. The van der Waals surface area contributed by atoms with E-state index in [1.807, 2.05) is 0 Å². The van der Waals surface area contributed by atoms with Crippen LogP contribution in [-0.4, -0.2) is 43.2 Å². The van der Waals surface area contributed by atoms with Crippen molar-refractivity contribution in [2.75, 3.05) is 26.3 Å². The van der Waals surface area contributed by atoms with E-state index in [4.69, 9.17) is 9.47 Å². The maximum absolute atomic E-state index is 13.8. The molecule has 0 aromatic heterocycles. The summed E-state index contributed by atoms with van der Waals surface area (Å²) in [7, 11) is 0. The second kappa shape index (κ2) is 9.53. The molecule has 0 radical (unpaired) electrons. The highest BCUT2D eigenvalue weighted by Gasteiger charge is 2.30. The molecule has 9 heteroatoms. The number of nitrogens with zero attached hydrogens (tertiary/aromatic N) is 1. The van der Waals surface area contributed by atoms with Crippen LogP contribution in [0.1, 0.15) is 16.7 Å². The highest BCUT2D eigenvalue weighted by atomic mass is 19.4. The van der Waals surface area contributed by atoms with Gasteiger partial charge in [-0.3, -0.25) is 4.79 Å². The fourth-order valence-electron chi connectivity index (χ4n) is 3.16. The number of ether oxygens (including phenoxy) is 2. The van der Waals surface area contributed by atoms with E-state index in [0.29, 0.717) is 5.56 Å².